The molecule has 24 heavy (non-hydrogen) atoms. The Morgan fingerprint density at radius 2 is 2.12 bits per heavy atom. The molecule has 0 saturated carbocycles. The highest BCUT2D eigenvalue weighted by molar-refractivity contribution is 6.04. The van der Waals surface area contributed by atoms with Crippen molar-refractivity contribution in [2.24, 2.45) is 0 Å². The SMILES string of the molecule is Cc1cccc2c(CCNC(=O)CCC3NC(=O)NC3=O)c[nH]c12. The minimum absolute atomic E-state index is 0.125. The monoisotopic (exact) mass is 328 g/mol. The zero-order chi connectivity index (χ0) is 17.1. The molecule has 0 spiro atoms. The third-order valence-electron chi connectivity index (χ3n) is 4.24. The molecule has 2 aromatic rings. The minimum atomic E-state index is -0.611. The van der Waals surface area contributed by atoms with Crippen LogP contribution >= 0.6 is 0 Å². The molecule has 1 aliphatic rings. The van der Waals surface area contributed by atoms with Crippen molar-refractivity contribution in [3.05, 3.63) is 35.5 Å². The molecule has 1 aromatic heterocycles. The molecule has 0 radical (unpaired) electrons. The molecule has 2 heterocycles. The first-order chi connectivity index (χ1) is 11.5. The van der Waals surface area contributed by atoms with E-state index in [-0.39, 0.29) is 18.2 Å². The Morgan fingerprint density at radius 3 is 2.88 bits per heavy atom. The molecule has 4 amide bonds. The molecule has 7 nitrogen and oxygen atoms in total. The van der Waals surface area contributed by atoms with Gasteiger partial charge in [0, 0.05) is 30.1 Å². The van der Waals surface area contributed by atoms with Crippen molar-refractivity contribution in [3.8, 4) is 0 Å². The first kappa shape index (κ1) is 16.0. The Hall–Kier alpha value is -2.83. The van der Waals surface area contributed by atoms with Crippen LogP contribution in [0.25, 0.3) is 10.9 Å². The van der Waals surface area contributed by atoms with Gasteiger partial charge < -0.3 is 15.6 Å². The van der Waals surface area contributed by atoms with Crippen LogP contribution in [0.2, 0.25) is 0 Å². The van der Waals surface area contributed by atoms with E-state index in [1.165, 1.54) is 10.9 Å². The fraction of sp³-hybridized carbons (Fsp3) is 0.353. The Morgan fingerprint density at radius 1 is 1.29 bits per heavy atom. The second-order valence-corrected chi connectivity index (χ2v) is 5.97. The topological polar surface area (TPSA) is 103 Å². The lowest BCUT2D eigenvalue weighted by atomic mass is 10.1. The second-order valence-electron chi connectivity index (χ2n) is 5.97. The lowest BCUT2D eigenvalue weighted by Gasteiger charge is -2.08. The van der Waals surface area contributed by atoms with Gasteiger partial charge in [-0.1, -0.05) is 18.2 Å². The van der Waals surface area contributed by atoms with Crippen LogP contribution < -0.4 is 16.0 Å². The zero-order valence-corrected chi connectivity index (χ0v) is 13.4. The number of nitrogens with one attached hydrogen (secondary N) is 4. The highest BCUT2D eigenvalue weighted by Crippen LogP contribution is 2.21. The van der Waals surface area contributed by atoms with Crippen LogP contribution in [0.5, 0.6) is 0 Å². The number of aromatic amines is 1. The average molecular weight is 328 g/mol. The van der Waals surface area contributed by atoms with Crippen molar-refractivity contribution >= 4 is 28.7 Å². The molecule has 1 aliphatic heterocycles. The van der Waals surface area contributed by atoms with Gasteiger partial charge in [0.1, 0.15) is 6.04 Å². The number of hydrogen-bond acceptors (Lipinski definition) is 3. The number of carbonyl (C=O) groups is 3. The maximum atomic E-state index is 11.9. The Labute approximate surface area is 139 Å². The van der Waals surface area contributed by atoms with E-state index in [1.807, 2.05) is 12.3 Å². The van der Waals surface area contributed by atoms with Gasteiger partial charge >= 0.3 is 6.03 Å². The number of hydrogen-bond donors (Lipinski definition) is 4. The van der Waals surface area contributed by atoms with E-state index in [4.69, 9.17) is 0 Å². The normalized spacial score (nSPS) is 17.0. The highest BCUT2D eigenvalue weighted by Gasteiger charge is 2.29. The van der Waals surface area contributed by atoms with Gasteiger partial charge in [-0.05, 0) is 30.9 Å². The summed E-state index contributed by atoms with van der Waals surface area (Å²) in [6.07, 6.45) is 3.21. The Bertz CT molecular complexity index is 796. The number of imide groups is 1. The fourth-order valence-corrected chi connectivity index (χ4v) is 2.93. The van der Waals surface area contributed by atoms with Gasteiger partial charge in [-0.2, -0.15) is 0 Å². The van der Waals surface area contributed by atoms with E-state index < -0.39 is 12.1 Å². The quantitative estimate of drug-likeness (QED) is 0.598. The predicted octanol–water partition coefficient (Wildman–Crippen LogP) is 1.12. The fourth-order valence-electron chi connectivity index (χ4n) is 2.93. The Balaban J connectivity index is 1.46. The summed E-state index contributed by atoms with van der Waals surface area (Å²) >= 11 is 0. The number of amides is 4. The minimum Gasteiger partial charge on any atom is -0.361 e. The summed E-state index contributed by atoms with van der Waals surface area (Å²) in [4.78, 5) is 37.5. The molecule has 4 N–H and O–H groups in total. The van der Waals surface area contributed by atoms with E-state index in [2.05, 4.69) is 40.0 Å². The van der Waals surface area contributed by atoms with Crippen LogP contribution in [-0.4, -0.2) is 35.4 Å². The van der Waals surface area contributed by atoms with E-state index in [0.717, 1.165) is 17.5 Å². The summed E-state index contributed by atoms with van der Waals surface area (Å²) in [7, 11) is 0. The number of aryl methyl sites for hydroxylation is 1. The van der Waals surface area contributed by atoms with E-state index >= 15 is 0 Å². The molecule has 1 fully saturated rings. The van der Waals surface area contributed by atoms with Crippen LogP contribution in [0, 0.1) is 6.92 Å². The first-order valence-electron chi connectivity index (χ1n) is 7.98. The van der Waals surface area contributed by atoms with E-state index in [1.54, 1.807) is 0 Å². The summed E-state index contributed by atoms with van der Waals surface area (Å²) in [6.45, 7) is 2.59. The van der Waals surface area contributed by atoms with Gasteiger partial charge in [0.15, 0.2) is 0 Å². The molecule has 1 unspecified atom stereocenters. The number of carbonyl (C=O) groups excluding carboxylic acids is 3. The predicted molar refractivity (Wildman–Crippen MR) is 89.4 cm³/mol. The number of rotatable bonds is 6. The standard InChI is InChI=1S/C17H20N4O3/c1-10-3-2-4-12-11(9-19-15(10)12)7-8-18-14(22)6-5-13-16(23)21-17(24)20-13/h2-4,9,13,19H,5-8H2,1H3,(H,18,22)(H2,20,21,23,24). The van der Waals surface area contributed by atoms with E-state index in [9.17, 15) is 14.4 Å². The number of aromatic nitrogens is 1. The lowest BCUT2D eigenvalue weighted by Crippen LogP contribution is -2.32. The molecule has 1 aromatic carbocycles. The van der Waals surface area contributed by atoms with Gasteiger partial charge in [-0.15, -0.1) is 0 Å². The summed E-state index contributed by atoms with van der Waals surface area (Å²) in [5.74, 6) is -0.498. The summed E-state index contributed by atoms with van der Waals surface area (Å²) in [5, 5.41) is 8.66. The number of benzene rings is 1. The average Bonchev–Trinajstić information content (AvgIpc) is 3.09. The number of H-pyrrole nitrogens is 1. The van der Waals surface area contributed by atoms with Crippen molar-refractivity contribution in [1.82, 2.24) is 20.9 Å². The van der Waals surface area contributed by atoms with Gasteiger partial charge in [0.25, 0.3) is 5.91 Å². The molecular weight excluding hydrogens is 308 g/mol. The molecule has 7 heteroatoms. The number of para-hydroxylation sites is 1. The van der Waals surface area contributed by atoms with Crippen molar-refractivity contribution < 1.29 is 14.4 Å². The molecular formula is C17H20N4O3. The largest absolute Gasteiger partial charge is 0.361 e. The van der Waals surface area contributed by atoms with Gasteiger partial charge in [0.2, 0.25) is 5.91 Å². The van der Waals surface area contributed by atoms with Crippen LogP contribution in [0.3, 0.4) is 0 Å². The zero-order valence-electron chi connectivity index (χ0n) is 13.4. The molecule has 3 rings (SSSR count). The lowest BCUT2D eigenvalue weighted by molar-refractivity contribution is -0.122. The maximum Gasteiger partial charge on any atom is 0.322 e. The van der Waals surface area contributed by atoms with Crippen molar-refractivity contribution in [3.63, 3.8) is 0 Å². The van der Waals surface area contributed by atoms with Crippen molar-refractivity contribution in [2.45, 2.75) is 32.2 Å². The number of fused-ring (bicyclic) bond motifs is 1. The van der Waals surface area contributed by atoms with Crippen LogP contribution in [-0.2, 0) is 16.0 Å². The first-order valence-corrected chi connectivity index (χ1v) is 7.98. The van der Waals surface area contributed by atoms with E-state index in [0.29, 0.717) is 13.0 Å². The molecule has 1 atom stereocenters. The summed E-state index contributed by atoms with van der Waals surface area (Å²) < 4.78 is 0. The Kier molecular flexibility index (Phi) is 4.50. The van der Waals surface area contributed by atoms with Crippen LogP contribution in [0.15, 0.2) is 24.4 Å². The smallest absolute Gasteiger partial charge is 0.322 e. The molecule has 126 valence electrons. The summed E-state index contributed by atoms with van der Waals surface area (Å²) in [5.41, 5.74) is 3.48. The third kappa shape index (κ3) is 3.40. The van der Waals surface area contributed by atoms with Gasteiger partial charge in [0.05, 0.1) is 0 Å². The van der Waals surface area contributed by atoms with Crippen molar-refractivity contribution in [1.29, 1.82) is 0 Å². The second kappa shape index (κ2) is 6.74. The van der Waals surface area contributed by atoms with Crippen LogP contribution in [0.1, 0.15) is 24.0 Å². The highest BCUT2D eigenvalue weighted by atomic mass is 16.2. The van der Waals surface area contributed by atoms with Crippen LogP contribution in [0.4, 0.5) is 4.79 Å². The van der Waals surface area contributed by atoms with Crippen molar-refractivity contribution in [2.75, 3.05) is 6.54 Å². The third-order valence-corrected chi connectivity index (χ3v) is 4.24. The summed E-state index contributed by atoms with van der Waals surface area (Å²) in [6, 6.07) is 5.04. The molecule has 0 aliphatic carbocycles. The molecule has 1 saturated heterocycles. The number of urea groups is 1. The maximum absolute atomic E-state index is 11.9. The molecule has 0 bridgehead atoms. The van der Waals surface area contributed by atoms with Gasteiger partial charge in [-0.25, -0.2) is 4.79 Å². The van der Waals surface area contributed by atoms with Gasteiger partial charge in [-0.3, -0.25) is 14.9 Å².